The Kier molecular flexibility index (Phi) is 3.33. The van der Waals surface area contributed by atoms with Crippen molar-refractivity contribution < 1.29 is 4.39 Å². The molecule has 0 spiro atoms. The zero-order valence-electron chi connectivity index (χ0n) is 8.55. The summed E-state index contributed by atoms with van der Waals surface area (Å²) in [4.78, 5) is 0. The second-order valence-corrected chi connectivity index (χ2v) is 4.33. The van der Waals surface area contributed by atoms with E-state index in [1.54, 1.807) is 18.2 Å². The first-order chi connectivity index (χ1) is 8.10. The average molecular weight is 266 g/mol. The van der Waals surface area contributed by atoms with E-state index in [9.17, 15) is 4.39 Å². The number of benzene rings is 2. The Bertz CT molecular complexity index is 597. The molecule has 0 saturated carbocycles. The third-order valence-corrected chi connectivity index (χ3v) is 2.71. The third kappa shape index (κ3) is 2.58. The third-order valence-electron chi connectivity index (χ3n) is 2.28. The SMILES string of the molecule is N#Cc1cc(F)ccc1-c1cc(Cl)cc(Cl)c1. The van der Waals surface area contributed by atoms with Gasteiger partial charge in [0.25, 0.3) is 0 Å². The van der Waals surface area contributed by atoms with Gasteiger partial charge in [-0.2, -0.15) is 5.26 Å². The maximum absolute atomic E-state index is 13.0. The molecule has 2 aromatic rings. The fraction of sp³-hybridized carbons (Fsp3) is 0. The molecular formula is C13H6Cl2FN. The average Bonchev–Trinajstić information content (AvgIpc) is 2.27. The predicted octanol–water partition coefficient (Wildman–Crippen LogP) is 4.67. The highest BCUT2D eigenvalue weighted by atomic mass is 35.5. The minimum atomic E-state index is -0.446. The van der Waals surface area contributed by atoms with Gasteiger partial charge in [0.2, 0.25) is 0 Å². The van der Waals surface area contributed by atoms with Crippen molar-refractivity contribution in [3.05, 3.63) is 57.8 Å². The highest BCUT2D eigenvalue weighted by Gasteiger charge is 2.07. The monoisotopic (exact) mass is 265 g/mol. The molecule has 0 atom stereocenters. The summed E-state index contributed by atoms with van der Waals surface area (Å²) in [7, 11) is 0. The van der Waals surface area contributed by atoms with E-state index in [4.69, 9.17) is 28.5 Å². The largest absolute Gasteiger partial charge is 0.207 e. The van der Waals surface area contributed by atoms with Crippen LogP contribution in [0.3, 0.4) is 0 Å². The summed E-state index contributed by atoms with van der Waals surface area (Å²) >= 11 is 11.8. The van der Waals surface area contributed by atoms with E-state index in [0.717, 1.165) is 0 Å². The number of rotatable bonds is 1. The van der Waals surface area contributed by atoms with Gasteiger partial charge in [0.05, 0.1) is 11.6 Å². The second-order valence-electron chi connectivity index (χ2n) is 3.46. The maximum atomic E-state index is 13.0. The number of hydrogen-bond acceptors (Lipinski definition) is 1. The number of hydrogen-bond donors (Lipinski definition) is 0. The van der Waals surface area contributed by atoms with Crippen LogP contribution in [0.5, 0.6) is 0 Å². The molecule has 0 amide bonds. The zero-order valence-corrected chi connectivity index (χ0v) is 10.1. The van der Waals surface area contributed by atoms with Gasteiger partial charge in [0.15, 0.2) is 0 Å². The first-order valence-electron chi connectivity index (χ1n) is 4.76. The van der Waals surface area contributed by atoms with Gasteiger partial charge in [-0.15, -0.1) is 0 Å². The van der Waals surface area contributed by atoms with Gasteiger partial charge in [-0.3, -0.25) is 0 Å². The van der Waals surface area contributed by atoms with Gasteiger partial charge in [0, 0.05) is 10.0 Å². The van der Waals surface area contributed by atoms with Gasteiger partial charge in [-0.05, 0) is 41.5 Å². The molecule has 0 fully saturated rings. The summed E-state index contributed by atoms with van der Waals surface area (Å²) in [6.07, 6.45) is 0. The molecule has 0 aliphatic carbocycles. The van der Waals surface area contributed by atoms with Gasteiger partial charge >= 0.3 is 0 Å². The molecule has 0 aliphatic rings. The van der Waals surface area contributed by atoms with Crippen molar-refractivity contribution in [1.82, 2.24) is 0 Å². The minimum Gasteiger partial charge on any atom is -0.207 e. The minimum absolute atomic E-state index is 0.253. The Morgan fingerprint density at radius 1 is 1.00 bits per heavy atom. The van der Waals surface area contributed by atoms with Crippen LogP contribution in [0.4, 0.5) is 4.39 Å². The van der Waals surface area contributed by atoms with Gasteiger partial charge in [-0.25, -0.2) is 4.39 Å². The van der Waals surface area contributed by atoms with E-state index in [2.05, 4.69) is 0 Å². The number of nitrogens with zero attached hydrogens (tertiary/aromatic N) is 1. The van der Waals surface area contributed by atoms with Crippen LogP contribution in [0.1, 0.15) is 5.56 Å². The van der Waals surface area contributed by atoms with E-state index in [0.29, 0.717) is 21.2 Å². The van der Waals surface area contributed by atoms with Crippen LogP contribution in [0.25, 0.3) is 11.1 Å². The van der Waals surface area contributed by atoms with Crippen molar-refractivity contribution in [3.63, 3.8) is 0 Å². The normalized spacial score (nSPS) is 10.0. The van der Waals surface area contributed by atoms with E-state index < -0.39 is 5.82 Å². The molecular weight excluding hydrogens is 260 g/mol. The Morgan fingerprint density at radius 2 is 1.65 bits per heavy atom. The lowest BCUT2D eigenvalue weighted by Crippen LogP contribution is -1.86. The highest BCUT2D eigenvalue weighted by molar-refractivity contribution is 6.35. The molecule has 2 aromatic carbocycles. The van der Waals surface area contributed by atoms with Crippen LogP contribution < -0.4 is 0 Å². The van der Waals surface area contributed by atoms with Crippen LogP contribution in [0.2, 0.25) is 10.0 Å². The lowest BCUT2D eigenvalue weighted by Gasteiger charge is -2.05. The molecule has 0 aromatic heterocycles. The van der Waals surface area contributed by atoms with Crippen molar-refractivity contribution in [3.8, 4) is 17.2 Å². The molecule has 0 radical (unpaired) electrons. The second kappa shape index (κ2) is 4.75. The fourth-order valence-electron chi connectivity index (χ4n) is 1.57. The molecule has 4 heteroatoms. The van der Waals surface area contributed by atoms with Crippen LogP contribution in [0, 0.1) is 17.1 Å². The van der Waals surface area contributed by atoms with E-state index in [-0.39, 0.29) is 5.56 Å². The van der Waals surface area contributed by atoms with Gasteiger partial charge < -0.3 is 0 Å². The summed E-state index contributed by atoms with van der Waals surface area (Å²) in [5.41, 5.74) is 1.56. The fourth-order valence-corrected chi connectivity index (χ4v) is 2.10. The van der Waals surface area contributed by atoms with Crippen molar-refractivity contribution >= 4 is 23.2 Å². The van der Waals surface area contributed by atoms with E-state index in [1.807, 2.05) is 6.07 Å². The summed E-state index contributed by atoms with van der Waals surface area (Å²) in [6, 6.07) is 10.9. The summed E-state index contributed by atoms with van der Waals surface area (Å²) < 4.78 is 13.0. The lowest BCUT2D eigenvalue weighted by atomic mass is 10.0. The summed E-state index contributed by atoms with van der Waals surface area (Å²) in [5.74, 6) is -0.446. The molecule has 84 valence electrons. The molecule has 17 heavy (non-hydrogen) atoms. The quantitative estimate of drug-likeness (QED) is 0.735. The molecule has 0 saturated heterocycles. The first kappa shape index (κ1) is 11.9. The van der Waals surface area contributed by atoms with E-state index in [1.165, 1.54) is 18.2 Å². The Morgan fingerprint density at radius 3 is 2.24 bits per heavy atom. The van der Waals surface area contributed by atoms with E-state index >= 15 is 0 Å². The first-order valence-corrected chi connectivity index (χ1v) is 5.52. The van der Waals surface area contributed by atoms with Crippen molar-refractivity contribution in [2.24, 2.45) is 0 Å². The summed E-state index contributed by atoms with van der Waals surface area (Å²) in [6.45, 7) is 0. The molecule has 0 heterocycles. The summed E-state index contributed by atoms with van der Waals surface area (Å²) in [5, 5.41) is 9.91. The predicted molar refractivity (Wildman–Crippen MR) is 66.6 cm³/mol. The molecule has 0 unspecified atom stereocenters. The van der Waals surface area contributed by atoms with Gasteiger partial charge in [-0.1, -0.05) is 29.3 Å². The Balaban J connectivity index is 2.64. The Hall–Kier alpha value is -1.56. The van der Waals surface area contributed by atoms with Crippen molar-refractivity contribution in [2.75, 3.05) is 0 Å². The highest BCUT2D eigenvalue weighted by Crippen LogP contribution is 2.29. The van der Waals surface area contributed by atoms with Crippen LogP contribution in [0.15, 0.2) is 36.4 Å². The van der Waals surface area contributed by atoms with Crippen molar-refractivity contribution in [2.45, 2.75) is 0 Å². The van der Waals surface area contributed by atoms with Crippen molar-refractivity contribution in [1.29, 1.82) is 5.26 Å². The standard InChI is InChI=1S/C13H6Cl2FN/c14-10-3-8(4-11(15)6-10)13-2-1-12(16)5-9(13)7-17/h1-6H. The van der Waals surface area contributed by atoms with Crippen LogP contribution in [-0.4, -0.2) is 0 Å². The molecule has 2 rings (SSSR count). The lowest BCUT2D eigenvalue weighted by molar-refractivity contribution is 0.627. The molecule has 0 N–H and O–H groups in total. The zero-order chi connectivity index (χ0) is 12.4. The molecule has 0 aliphatic heterocycles. The topological polar surface area (TPSA) is 23.8 Å². The van der Waals surface area contributed by atoms with Gasteiger partial charge in [0.1, 0.15) is 5.82 Å². The molecule has 0 bridgehead atoms. The smallest absolute Gasteiger partial charge is 0.124 e. The Labute approximate surface area is 108 Å². The maximum Gasteiger partial charge on any atom is 0.124 e. The van der Waals surface area contributed by atoms with Crippen LogP contribution >= 0.6 is 23.2 Å². The number of halogens is 3. The number of nitriles is 1. The molecule has 1 nitrogen and oxygen atoms in total. The van der Waals surface area contributed by atoms with Crippen LogP contribution in [-0.2, 0) is 0 Å².